The minimum absolute atomic E-state index is 0.438. The molecule has 3 aromatic rings. The molecular formula is C15H16N6O. The van der Waals surface area contributed by atoms with Crippen molar-refractivity contribution < 1.29 is 4.74 Å². The first-order valence-electron chi connectivity index (χ1n) is 6.95. The molecule has 0 fully saturated rings. The molecule has 0 bridgehead atoms. The number of nitrogens with two attached hydrogens (primary N) is 1. The molecule has 112 valence electrons. The molecule has 3 aromatic heterocycles. The van der Waals surface area contributed by atoms with Crippen LogP contribution >= 0.6 is 0 Å². The fourth-order valence-electron chi connectivity index (χ4n) is 2.07. The lowest BCUT2D eigenvalue weighted by Gasteiger charge is -2.09. The Balaban J connectivity index is 1.80. The van der Waals surface area contributed by atoms with Crippen molar-refractivity contribution in [1.29, 1.82) is 0 Å². The predicted octanol–water partition coefficient (Wildman–Crippen LogP) is 2.01. The van der Waals surface area contributed by atoms with Crippen molar-refractivity contribution in [3.63, 3.8) is 0 Å². The van der Waals surface area contributed by atoms with Crippen LogP contribution in [0.25, 0.3) is 11.0 Å². The standard InChI is InChI=1S/C15H16N6O/c1-2-22-13-7-10(5-6-17-13)8-18-14-11-3-4-12(16)21-15(11)20-9-19-14/h3-7,9H,2,8H2,1H3,(H3,16,18,19,20,21). The summed E-state index contributed by atoms with van der Waals surface area (Å²) in [5.74, 6) is 1.77. The van der Waals surface area contributed by atoms with Crippen LogP contribution in [0.2, 0.25) is 0 Å². The summed E-state index contributed by atoms with van der Waals surface area (Å²) in [6.07, 6.45) is 3.19. The van der Waals surface area contributed by atoms with Gasteiger partial charge >= 0.3 is 0 Å². The zero-order valence-electron chi connectivity index (χ0n) is 12.2. The molecule has 0 aliphatic carbocycles. The van der Waals surface area contributed by atoms with E-state index >= 15 is 0 Å². The summed E-state index contributed by atoms with van der Waals surface area (Å²) in [4.78, 5) is 16.7. The van der Waals surface area contributed by atoms with E-state index in [9.17, 15) is 0 Å². The molecule has 7 heteroatoms. The number of hydrogen-bond acceptors (Lipinski definition) is 7. The van der Waals surface area contributed by atoms with Gasteiger partial charge in [0.1, 0.15) is 18.0 Å². The summed E-state index contributed by atoms with van der Waals surface area (Å²) < 4.78 is 5.39. The third-order valence-electron chi connectivity index (χ3n) is 3.07. The lowest BCUT2D eigenvalue weighted by molar-refractivity contribution is 0.326. The number of fused-ring (bicyclic) bond motifs is 1. The van der Waals surface area contributed by atoms with E-state index in [1.807, 2.05) is 25.1 Å². The molecule has 3 heterocycles. The zero-order chi connectivity index (χ0) is 15.4. The Hall–Kier alpha value is -2.96. The van der Waals surface area contributed by atoms with Crippen LogP contribution in [0.4, 0.5) is 11.6 Å². The van der Waals surface area contributed by atoms with Gasteiger partial charge in [-0.05, 0) is 30.7 Å². The summed E-state index contributed by atoms with van der Waals surface area (Å²) in [6, 6.07) is 7.42. The lowest BCUT2D eigenvalue weighted by Crippen LogP contribution is -2.04. The van der Waals surface area contributed by atoms with Gasteiger partial charge in [-0.15, -0.1) is 0 Å². The number of nitrogen functional groups attached to an aromatic ring is 1. The first-order valence-corrected chi connectivity index (χ1v) is 6.95. The van der Waals surface area contributed by atoms with Crippen LogP contribution in [0.15, 0.2) is 36.8 Å². The van der Waals surface area contributed by atoms with Crippen LogP contribution < -0.4 is 15.8 Å². The Bertz CT molecular complexity index is 792. The van der Waals surface area contributed by atoms with Gasteiger partial charge in [0.05, 0.1) is 12.0 Å². The van der Waals surface area contributed by atoms with Crippen molar-refractivity contribution in [2.24, 2.45) is 0 Å². The Morgan fingerprint density at radius 2 is 2.09 bits per heavy atom. The van der Waals surface area contributed by atoms with E-state index in [-0.39, 0.29) is 0 Å². The monoisotopic (exact) mass is 296 g/mol. The molecule has 0 aliphatic rings. The number of nitrogens with one attached hydrogen (secondary N) is 1. The van der Waals surface area contributed by atoms with Crippen LogP contribution in [-0.4, -0.2) is 26.5 Å². The van der Waals surface area contributed by atoms with Gasteiger partial charge in [0, 0.05) is 18.8 Å². The normalized spacial score (nSPS) is 10.6. The molecule has 0 aromatic carbocycles. The molecule has 0 saturated carbocycles. The minimum atomic E-state index is 0.438. The third-order valence-corrected chi connectivity index (χ3v) is 3.07. The Kier molecular flexibility index (Phi) is 3.95. The van der Waals surface area contributed by atoms with Gasteiger partial charge in [-0.3, -0.25) is 0 Å². The van der Waals surface area contributed by atoms with Crippen molar-refractivity contribution in [1.82, 2.24) is 19.9 Å². The van der Waals surface area contributed by atoms with Gasteiger partial charge in [0.2, 0.25) is 5.88 Å². The van der Waals surface area contributed by atoms with E-state index in [1.165, 1.54) is 6.33 Å². The maximum Gasteiger partial charge on any atom is 0.213 e. The average Bonchev–Trinajstić information content (AvgIpc) is 2.53. The summed E-state index contributed by atoms with van der Waals surface area (Å²) in [6.45, 7) is 3.12. The largest absolute Gasteiger partial charge is 0.478 e. The minimum Gasteiger partial charge on any atom is -0.478 e. The molecule has 0 amide bonds. The summed E-state index contributed by atoms with van der Waals surface area (Å²) in [5, 5.41) is 4.11. The smallest absolute Gasteiger partial charge is 0.213 e. The quantitative estimate of drug-likeness (QED) is 0.743. The van der Waals surface area contributed by atoms with E-state index in [4.69, 9.17) is 10.5 Å². The van der Waals surface area contributed by atoms with E-state index in [1.54, 1.807) is 12.3 Å². The van der Waals surface area contributed by atoms with Gasteiger partial charge in [-0.2, -0.15) is 0 Å². The van der Waals surface area contributed by atoms with Crippen molar-refractivity contribution in [2.45, 2.75) is 13.5 Å². The molecule has 7 nitrogen and oxygen atoms in total. The second kappa shape index (κ2) is 6.21. The third kappa shape index (κ3) is 3.03. The lowest BCUT2D eigenvalue weighted by atomic mass is 10.2. The highest BCUT2D eigenvalue weighted by Crippen LogP contribution is 2.19. The summed E-state index contributed by atoms with van der Waals surface area (Å²) >= 11 is 0. The summed E-state index contributed by atoms with van der Waals surface area (Å²) in [5.41, 5.74) is 7.29. The molecule has 0 unspecified atom stereocenters. The van der Waals surface area contributed by atoms with E-state index in [2.05, 4.69) is 25.3 Å². The molecule has 0 radical (unpaired) electrons. The molecule has 3 rings (SSSR count). The summed E-state index contributed by atoms with van der Waals surface area (Å²) in [7, 11) is 0. The molecular weight excluding hydrogens is 280 g/mol. The zero-order valence-corrected chi connectivity index (χ0v) is 12.2. The van der Waals surface area contributed by atoms with Gasteiger partial charge in [0.15, 0.2) is 5.65 Å². The van der Waals surface area contributed by atoms with Crippen molar-refractivity contribution in [2.75, 3.05) is 17.7 Å². The number of anilines is 2. The Morgan fingerprint density at radius 3 is 2.95 bits per heavy atom. The molecule has 0 spiro atoms. The Labute approximate surface area is 127 Å². The molecule has 0 atom stereocenters. The average molecular weight is 296 g/mol. The SMILES string of the molecule is CCOc1cc(CNc2ncnc3nc(N)ccc23)ccn1. The van der Waals surface area contributed by atoms with E-state index < -0.39 is 0 Å². The first kappa shape index (κ1) is 14.0. The van der Waals surface area contributed by atoms with Gasteiger partial charge in [0.25, 0.3) is 0 Å². The number of ether oxygens (including phenoxy) is 1. The predicted molar refractivity (Wildman–Crippen MR) is 84.5 cm³/mol. The maximum absolute atomic E-state index is 5.67. The number of aromatic nitrogens is 4. The van der Waals surface area contributed by atoms with Gasteiger partial charge in [-0.25, -0.2) is 19.9 Å². The molecule has 0 aliphatic heterocycles. The number of nitrogens with zero attached hydrogens (tertiary/aromatic N) is 4. The first-order chi connectivity index (χ1) is 10.8. The number of rotatable bonds is 5. The van der Waals surface area contributed by atoms with Crippen molar-refractivity contribution in [3.8, 4) is 5.88 Å². The van der Waals surface area contributed by atoms with E-state index in [0.29, 0.717) is 36.3 Å². The van der Waals surface area contributed by atoms with Gasteiger partial charge < -0.3 is 15.8 Å². The molecule has 3 N–H and O–H groups in total. The fourth-order valence-corrected chi connectivity index (χ4v) is 2.07. The number of hydrogen-bond donors (Lipinski definition) is 2. The topological polar surface area (TPSA) is 98.8 Å². The van der Waals surface area contributed by atoms with E-state index in [0.717, 1.165) is 10.9 Å². The van der Waals surface area contributed by atoms with Crippen LogP contribution in [-0.2, 0) is 6.54 Å². The van der Waals surface area contributed by atoms with Crippen molar-refractivity contribution in [3.05, 3.63) is 42.4 Å². The number of pyridine rings is 2. The Morgan fingerprint density at radius 1 is 1.18 bits per heavy atom. The van der Waals surface area contributed by atoms with Crippen molar-refractivity contribution >= 4 is 22.7 Å². The van der Waals surface area contributed by atoms with Crippen LogP contribution in [0, 0.1) is 0 Å². The second-order valence-corrected chi connectivity index (χ2v) is 4.62. The molecule has 0 saturated heterocycles. The fraction of sp³-hybridized carbons (Fsp3) is 0.200. The van der Waals surface area contributed by atoms with Gasteiger partial charge in [-0.1, -0.05) is 0 Å². The molecule has 22 heavy (non-hydrogen) atoms. The second-order valence-electron chi connectivity index (χ2n) is 4.62. The van der Waals surface area contributed by atoms with Crippen LogP contribution in [0.5, 0.6) is 5.88 Å². The highest BCUT2D eigenvalue weighted by Gasteiger charge is 2.05. The highest BCUT2D eigenvalue weighted by molar-refractivity contribution is 5.86. The van der Waals surface area contributed by atoms with Crippen LogP contribution in [0.1, 0.15) is 12.5 Å². The van der Waals surface area contributed by atoms with Crippen LogP contribution in [0.3, 0.4) is 0 Å². The maximum atomic E-state index is 5.67. The highest BCUT2D eigenvalue weighted by atomic mass is 16.5.